The van der Waals surface area contributed by atoms with E-state index in [0.717, 1.165) is 6.26 Å². The number of rotatable bonds is 4. The Bertz CT molecular complexity index is 993. The van der Waals surface area contributed by atoms with Crippen molar-refractivity contribution in [3.63, 3.8) is 0 Å². The number of nitrogens with zero attached hydrogens (tertiary/aromatic N) is 1. The zero-order valence-electron chi connectivity index (χ0n) is 13.2. The Morgan fingerprint density at radius 2 is 1.88 bits per heavy atom. The van der Waals surface area contributed by atoms with Gasteiger partial charge in [0.1, 0.15) is 5.83 Å². The smallest absolute Gasteiger partial charge is 0.336 e. The van der Waals surface area contributed by atoms with E-state index in [1.165, 1.54) is 42.7 Å². The molecular formula is C18H14FNO4S. The molecule has 0 bridgehead atoms. The molecule has 0 radical (unpaired) electrons. The fourth-order valence-corrected chi connectivity index (χ4v) is 3.38. The van der Waals surface area contributed by atoms with Crippen LogP contribution in [0.5, 0.6) is 0 Å². The number of aromatic nitrogens is 1. The molecule has 1 N–H and O–H groups in total. The number of carboxylic acid groups (broad SMARTS) is 1. The van der Waals surface area contributed by atoms with Crippen molar-refractivity contribution in [2.75, 3.05) is 6.26 Å². The predicted octanol–water partition coefficient (Wildman–Crippen LogP) is 2.97. The summed E-state index contributed by atoms with van der Waals surface area (Å²) in [4.78, 5) is 15.5. The van der Waals surface area contributed by atoms with E-state index in [1.807, 2.05) is 0 Å². The summed E-state index contributed by atoms with van der Waals surface area (Å²) in [5.41, 5.74) is 0.715. The Hall–Kier alpha value is -2.80. The molecule has 0 saturated carbocycles. The number of carbonyl (C=O) groups is 1. The van der Waals surface area contributed by atoms with E-state index in [0.29, 0.717) is 11.1 Å². The molecule has 128 valence electrons. The van der Waals surface area contributed by atoms with Crippen LogP contribution in [-0.2, 0) is 14.6 Å². The van der Waals surface area contributed by atoms with Crippen LogP contribution in [-0.4, -0.2) is 30.7 Å². The average molecular weight is 359 g/mol. The molecule has 2 aromatic rings. The zero-order valence-corrected chi connectivity index (χ0v) is 14.0. The minimum atomic E-state index is -3.36. The molecule has 1 aliphatic carbocycles. The quantitative estimate of drug-likeness (QED) is 0.907. The molecule has 0 saturated heterocycles. The lowest BCUT2D eigenvalue weighted by molar-refractivity contribution is -0.132. The minimum absolute atomic E-state index is 0.00205. The van der Waals surface area contributed by atoms with Gasteiger partial charge in [0, 0.05) is 29.8 Å². The predicted molar refractivity (Wildman–Crippen MR) is 90.3 cm³/mol. The maximum Gasteiger partial charge on any atom is 0.336 e. The van der Waals surface area contributed by atoms with Gasteiger partial charge in [-0.05, 0) is 23.8 Å². The highest BCUT2D eigenvalue weighted by molar-refractivity contribution is 7.90. The van der Waals surface area contributed by atoms with Crippen molar-refractivity contribution in [2.45, 2.75) is 10.8 Å². The van der Waals surface area contributed by atoms with Crippen molar-refractivity contribution in [3.8, 4) is 0 Å². The molecule has 5 nitrogen and oxygen atoms in total. The molecule has 1 atom stereocenters. The van der Waals surface area contributed by atoms with Crippen LogP contribution >= 0.6 is 0 Å². The molecule has 1 aromatic carbocycles. The normalized spacial score (nSPS) is 17.5. The van der Waals surface area contributed by atoms with Crippen molar-refractivity contribution in [3.05, 3.63) is 77.4 Å². The standard InChI is InChI=1S/C18H14FNO4S/c1-25(23,24)13-6-4-11(5-7-13)14-9-15(18(21)22)16(17(14)19)12-3-2-8-20-10-12/h2-10,14H,1H3,(H,21,22). The summed E-state index contributed by atoms with van der Waals surface area (Å²) in [5, 5.41) is 9.41. The molecule has 25 heavy (non-hydrogen) atoms. The zero-order chi connectivity index (χ0) is 18.2. The van der Waals surface area contributed by atoms with Gasteiger partial charge in [-0.15, -0.1) is 0 Å². The van der Waals surface area contributed by atoms with Gasteiger partial charge in [0.25, 0.3) is 0 Å². The molecular weight excluding hydrogens is 345 g/mol. The second-order valence-electron chi connectivity index (χ2n) is 5.67. The van der Waals surface area contributed by atoms with Crippen LogP contribution in [0.4, 0.5) is 4.39 Å². The topological polar surface area (TPSA) is 84.3 Å². The first-order valence-electron chi connectivity index (χ1n) is 7.34. The van der Waals surface area contributed by atoms with E-state index in [1.54, 1.807) is 12.1 Å². The van der Waals surface area contributed by atoms with Crippen LogP contribution in [0.25, 0.3) is 5.57 Å². The second-order valence-corrected chi connectivity index (χ2v) is 7.68. The van der Waals surface area contributed by atoms with Crippen molar-refractivity contribution in [1.29, 1.82) is 0 Å². The highest BCUT2D eigenvalue weighted by Gasteiger charge is 2.32. The Morgan fingerprint density at radius 1 is 1.20 bits per heavy atom. The fraction of sp³-hybridized carbons (Fsp3) is 0.111. The molecule has 0 aliphatic heterocycles. The van der Waals surface area contributed by atoms with Crippen molar-refractivity contribution < 1.29 is 22.7 Å². The van der Waals surface area contributed by atoms with Gasteiger partial charge in [0.2, 0.25) is 0 Å². The first-order valence-corrected chi connectivity index (χ1v) is 9.23. The SMILES string of the molecule is CS(=O)(=O)c1ccc(C2C=C(C(=O)O)C(c3cccnc3)=C2F)cc1. The summed E-state index contributed by atoms with van der Waals surface area (Å²) < 4.78 is 38.0. The van der Waals surface area contributed by atoms with Gasteiger partial charge in [-0.2, -0.15) is 0 Å². The number of halogens is 1. The summed E-state index contributed by atoms with van der Waals surface area (Å²) in [6.07, 6.45) is 5.33. The summed E-state index contributed by atoms with van der Waals surface area (Å²) >= 11 is 0. The van der Waals surface area contributed by atoms with Gasteiger partial charge in [0.15, 0.2) is 9.84 Å². The number of benzene rings is 1. The summed E-state index contributed by atoms with van der Waals surface area (Å²) in [7, 11) is -3.36. The number of sulfone groups is 1. The van der Waals surface area contributed by atoms with Crippen LogP contribution < -0.4 is 0 Å². The van der Waals surface area contributed by atoms with Gasteiger partial charge >= 0.3 is 5.97 Å². The lowest BCUT2D eigenvalue weighted by atomic mass is 9.98. The largest absolute Gasteiger partial charge is 0.478 e. The van der Waals surface area contributed by atoms with E-state index in [-0.39, 0.29) is 16.0 Å². The highest BCUT2D eigenvalue weighted by atomic mass is 32.2. The summed E-state index contributed by atoms with van der Waals surface area (Å²) in [5.74, 6) is -2.71. The molecule has 1 unspecified atom stereocenters. The van der Waals surface area contributed by atoms with E-state index in [9.17, 15) is 22.7 Å². The van der Waals surface area contributed by atoms with Crippen LogP contribution in [0, 0.1) is 0 Å². The van der Waals surface area contributed by atoms with E-state index in [2.05, 4.69) is 4.98 Å². The lowest BCUT2D eigenvalue weighted by Gasteiger charge is -2.10. The van der Waals surface area contributed by atoms with Crippen molar-refractivity contribution in [1.82, 2.24) is 4.98 Å². The molecule has 0 amide bonds. The number of pyridine rings is 1. The van der Waals surface area contributed by atoms with Gasteiger partial charge in [0.05, 0.1) is 16.4 Å². The van der Waals surface area contributed by atoms with Crippen LogP contribution in [0.1, 0.15) is 17.0 Å². The van der Waals surface area contributed by atoms with Crippen molar-refractivity contribution >= 4 is 21.4 Å². The first-order chi connectivity index (χ1) is 11.8. The Morgan fingerprint density at radius 3 is 2.40 bits per heavy atom. The minimum Gasteiger partial charge on any atom is -0.478 e. The molecule has 1 aliphatic rings. The Labute approximate surface area is 144 Å². The number of aliphatic carboxylic acids is 1. The monoisotopic (exact) mass is 359 g/mol. The maximum absolute atomic E-state index is 15.0. The molecule has 0 spiro atoms. The summed E-state index contributed by atoms with van der Waals surface area (Å²) in [6.45, 7) is 0. The lowest BCUT2D eigenvalue weighted by Crippen LogP contribution is -2.01. The summed E-state index contributed by atoms with van der Waals surface area (Å²) in [6, 6.07) is 8.94. The van der Waals surface area contributed by atoms with E-state index >= 15 is 0 Å². The van der Waals surface area contributed by atoms with Gasteiger partial charge in [-0.3, -0.25) is 4.98 Å². The molecule has 7 heteroatoms. The van der Waals surface area contributed by atoms with Crippen molar-refractivity contribution in [2.24, 2.45) is 0 Å². The molecule has 1 aromatic heterocycles. The third-order valence-electron chi connectivity index (χ3n) is 3.96. The van der Waals surface area contributed by atoms with Gasteiger partial charge in [-0.25, -0.2) is 17.6 Å². The molecule has 0 fully saturated rings. The Kier molecular flexibility index (Phi) is 4.26. The van der Waals surface area contributed by atoms with E-state index in [4.69, 9.17) is 0 Å². The molecule has 1 heterocycles. The maximum atomic E-state index is 15.0. The number of hydrogen-bond donors (Lipinski definition) is 1. The highest BCUT2D eigenvalue weighted by Crippen LogP contribution is 2.43. The fourth-order valence-electron chi connectivity index (χ4n) is 2.75. The average Bonchev–Trinajstić information content (AvgIpc) is 2.92. The number of allylic oxidation sites excluding steroid dienone is 2. The van der Waals surface area contributed by atoms with Crippen LogP contribution in [0.15, 0.2) is 71.2 Å². The van der Waals surface area contributed by atoms with Crippen LogP contribution in [0.2, 0.25) is 0 Å². The first kappa shape index (κ1) is 17.0. The van der Waals surface area contributed by atoms with Gasteiger partial charge in [-0.1, -0.05) is 24.3 Å². The number of carboxylic acids is 1. The Balaban J connectivity index is 2.08. The van der Waals surface area contributed by atoms with Gasteiger partial charge < -0.3 is 5.11 Å². The number of hydrogen-bond acceptors (Lipinski definition) is 4. The van der Waals surface area contributed by atoms with Crippen LogP contribution in [0.3, 0.4) is 0 Å². The second kappa shape index (κ2) is 6.25. The third kappa shape index (κ3) is 3.23. The third-order valence-corrected chi connectivity index (χ3v) is 5.09. The molecule has 3 rings (SSSR count). The van der Waals surface area contributed by atoms with E-state index < -0.39 is 27.6 Å².